The third-order valence-electron chi connectivity index (χ3n) is 5.12. The molecule has 2 atom stereocenters. The summed E-state index contributed by atoms with van der Waals surface area (Å²) in [6.45, 7) is 3.04. The van der Waals surface area contributed by atoms with Crippen LogP contribution < -0.4 is 5.32 Å². The first-order valence-electron chi connectivity index (χ1n) is 9.60. The van der Waals surface area contributed by atoms with Crippen LogP contribution in [-0.4, -0.2) is 26.1 Å². The van der Waals surface area contributed by atoms with Crippen LogP contribution in [0.2, 0.25) is 0 Å². The van der Waals surface area contributed by atoms with E-state index >= 15 is 0 Å². The normalized spacial score (nSPS) is 19.1. The van der Waals surface area contributed by atoms with E-state index < -0.39 is 0 Å². The molecule has 1 saturated heterocycles. The van der Waals surface area contributed by atoms with Crippen LogP contribution >= 0.6 is 12.2 Å². The predicted molar refractivity (Wildman–Crippen MR) is 113 cm³/mol. The van der Waals surface area contributed by atoms with E-state index in [9.17, 15) is 4.39 Å². The number of unbranched alkanes of at least 4 members (excludes halogenated alkanes) is 1. The summed E-state index contributed by atoms with van der Waals surface area (Å²) in [6, 6.07) is 16.6. The summed E-state index contributed by atoms with van der Waals surface area (Å²) in [5.74, 6) is -0.249. The summed E-state index contributed by atoms with van der Waals surface area (Å²) >= 11 is 5.68. The highest BCUT2D eigenvalue weighted by Crippen LogP contribution is 2.39. The smallest absolute Gasteiger partial charge is 0.170 e. The molecule has 0 amide bonds. The largest absolute Gasteiger partial charge is 0.352 e. The lowest BCUT2D eigenvalue weighted by molar-refractivity contribution is 0.304. The van der Waals surface area contributed by atoms with Crippen LogP contribution in [0.25, 0.3) is 5.69 Å². The summed E-state index contributed by atoms with van der Waals surface area (Å²) in [7, 11) is 0. The van der Waals surface area contributed by atoms with E-state index in [0.29, 0.717) is 0 Å². The number of hydrogen-bond acceptors (Lipinski definition) is 2. The van der Waals surface area contributed by atoms with Gasteiger partial charge in [-0.15, -0.1) is 0 Å². The van der Waals surface area contributed by atoms with Crippen LogP contribution in [0.4, 0.5) is 4.39 Å². The molecule has 2 aromatic heterocycles. The molecule has 0 saturated carbocycles. The van der Waals surface area contributed by atoms with Gasteiger partial charge in [0.2, 0.25) is 0 Å². The van der Waals surface area contributed by atoms with Crippen molar-refractivity contribution in [3.8, 4) is 5.69 Å². The van der Waals surface area contributed by atoms with Crippen LogP contribution in [-0.2, 0) is 0 Å². The second kappa shape index (κ2) is 8.10. The average molecular weight is 395 g/mol. The van der Waals surface area contributed by atoms with Crippen molar-refractivity contribution in [2.75, 3.05) is 6.54 Å². The quantitative estimate of drug-likeness (QED) is 0.610. The van der Waals surface area contributed by atoms with E-state index in [1.807, 2.05) is 41.1 Å². The SMILES string of the molecule is CCCCN1C(=S)N[C@H](c2ccccn2)[C@@H]1c1cccn1-c1cccc(F)c1. The predicted octanol–water partition coefficient (Wildman–Crippen LogP) is 4.78. The minimum absolute atomic E-state index is 0.0211. The molecule has 0 radical (unpaired) electrons. The molecule has 3 aromatic rings. The van der Waals surface area contributed by atoms with Gasteiger partial charge in [0.25, 0.3) is 0 Å². The minimum Gasteiger partial charge on any atom is -0.352 e. The Morgan fingerprint density at radius 2 is 2.04 bits per heavy atom. The molecule has 0 bridgehead atoms. The Labute approximate surface area is 170 Å². The Kier molecular flexibility index (Phi) is 5.39. The van der Waals surface area contributed by atoms with E-state index in [0.717, 1.165) is 41.6 Å². The fourth-order valence-corrected chi connectivity index (χ4v) is 4.12. The first-order chi connectivity index (χ1) is 13.7. The monoisotopic (exact) mass is 394 g/mol. The molecule has 4 nitrogen and oxygen atoms in total. The topological polar surface area (TPSA) is 33.1 Å². The lowest BCUT2D eigenvalue weighted by atomic mass is 10.0. The summed E-state index contributed by atoms with van der Waals surface area (Å²) in [5, 5.41) is 4.20. The molecule has 144 valence electrons. The Morgan fingerprint density at radius 3 is 2.79 bits per heavy atom. The number of pyridine rings is 1. The number of nitrogens with zero attached hydrogens (tertiary/aromatic N) is 3. The summed E-state index contributed by atoms with van der Waals surface area (Å²) in [6.07, 6.45) is 5.91. The van der Waals surface area contributed by atoms with Crippen LogP contribution in [0.15, 0.2) is 67.0 Å². The third-order valence-corrected chi connectivity index (χ3v) is 5.47. The highest BCUT2D eigenvalue weighted by atomic mass is 32.1. The van der Waals surface area contributed by atoms with Crippen molar-refractivity contribution >= 4 is 17.3 Å². The van der Waals surface area contributed by atoms with Gasteiger partial charge in [0.1, 0.15) is 5.82 Å². The number of halogens is 1. The van der Waals surface area contributed by atoms with Crippen molar-refractivity contribution in [1.82, 2.24) is 19.8 Å². The van der Waals surface area contributed by atoms with Crippen molar-refractivity contribution in [2.45, 2.75) is 31.8 Å². The molecule has 1 N–H and O–H groups in total. The molecule has 1 aromatic carbocycles. The third kappa shape index (κ3) is 3.52. The lowest BCUT2D eigenvalue weighted by Gasteiger charge is -2.29. The highest BCUT2D eigenvalue weighted by molar-refractivity contribution is 7.80. The summed E-state index contributed by atoms with van der Waals surface area (Å²) in [4.78, 5) is 6.81. The highest BCUT2D eigenvalue weighted by Gasteiger charge is 2.40. The van der Waals surface area contributed by atoms with E-state index in [4.69, 9.17) is 12.2 Å². The van der Waals surface area contributed by atoms with E-state index in [1.54, 1.807) is 18.3 Å². The Hall–Kier alpha value is -2.73. The van der Waals surface area contributed by atoms with Crippen molar-refractivity contribution in [1.29, 1.82) is 0 Å². The van der Waals surface area contributed by atoms with E-state index in [1.165, 1.54) is 6.07 Å². The van der Waals surface area contributed by atoms with Crippen molar-refractivity contribution in [3.63, 3.8) is 0 Å². The molecule has 0 unspecified atom stereocenters. The molecule has 28 heavy (non-hydrogen) atoms. The minimum atomic E-state index is -0.249. The van der Waals surface area contributed by atoms with Gasteiger partial charge in [-0.3, -0.25) is 4.98 Å². The maximum Gasteiger partial charge on any atom is 0.170 e. The number of hydrogen-bond donors (Lipinski definition) is 1. The average Bonchev–Trinajstić information content (AvgIpc) is 3.31. The maximum absolute atomic E-state index is 13.8. The molecule has 0 spiro atoms. The zero-order valence-corrected chi connectivity index (χ0v) is 16.6. The van der Waals surface area contributed by atoms with E-state index in [2.05, 4.69) is 28.2 Å². The molecule has 6 heteroatoms. The Balaban J connectivity index is 1.79. The van der Waals surface area contributed by atoms with Gasteiger partial charge in [-0.1, -0.05) is 25.5 Å². The molecule has 1 fully saturated rings. The molecule has 0 aliphatic carbocycles. The molecule has 3 heterocycles. The zero-order chi connectivity index (χ0) is 19.5. The fraction of sp³-hybridized carbons (Fsp3) is 0.273. The number of aromatic nitrogens is 2. The van der Waals surface area contributed by atoms with Gasteiger partial charge in [0.05, 0.1) is 17.8 Å². The lowest BCUT2D eigenvalue weighted by Crippen LogP contribution is -2.31. The van der Waals surface area contributed by atoms with Gasteiger partial charge in [-0.05, 0) is 61.1 Å². The van der Waals surface area contributed by atoms with Crippen LogP contribution in [0.1, 0.15) is 43.2 Å². The number of nitrogens with one attached hydrogen (secondary N) is 1. The Bertz CT molecular complexity index is 956. The number of benzene rings is 1. The van der Waals surface area contributed by atoms with E-state index in [-0.39, 0.29) is 17.9 Å². The van der Waals surface area contributed by atoms with Gasteiger partial charge < -0.3 is 14.8 Å². The second-order valence-electron chi connectivity index (χ2n) is 6.96. The standard InChI is InChI=1S/C22H23FN4S/c1-2-3-13-27-21(20(25-22(27)28)18-10-4-5-12-24-18)19-11-7-14-26(19)17-9-6-8-16(23)15-17/h4-12,14-15,20-21H,2-3,13H2,1H3,(H,25,28)/t20-,21+/m1/s1. The summed E-state index contributed by atoms with van der Waals surface area (Å²) in [5.41, 5.74) is 2.80. The number of rotatable bonds is 6. The molecular weight excluding hydrogens is 371 g/mol. The fourth-order valence-electron chi connectivity index (χ4n) is 3.79. The van der Waals surface area contributed by atoms with Crippen molar-refractivity contribution < 1.29 is 4.39 Å². The van der Waals surface area contributed by atoms with Crippen LogP contribution in [0, 0.1) is 5.82 Å². The van der Waals surface area contributed by atoms with Crippen molar-refractivity contribution in [3.05, 3.63) is 84.2 Å². The van der Waals surface area contributed by atoms with Gasteiger partial charge in [-0.25, -0.2) is 4.39 Å². The first kappa shape index (κ1) is 18.6. The first-order valence-corrected chi connectivity index (χ1v) is 10.0. The van der Waals surface area contributed by atoms with Gasteiger partial charge >= 0.3 is 0 Å². The Morgan fingerprint density at radius 1 is 1.14 bits per heavy atom. The van der Waals surface area contributed by atoms with Crippen molar-refractivity contribution in [2.24, 2.45) is 0 Å². The molecule has 1 aliphatic rings. The van der Waals surface area contributed by atoms with Gasteiger partial charge in [-0.2, -0.15) is 0 Å². The molecule has 4 rings (SSSR count). The molecule has 1 aliphatic heterocycles. The maximum atomic E-state index is 13.8. The number of thiocarbonyl (C=S) groups is 1. The summed E-state index contributed by atoms with van der Waals surface area (Å²) < 4.78 is 15.9. The van der Waals surface area contributed by atoms with Crippen LogP contribution in [0.5, 0.6) is 0 Å². The zero-order valence-electron chi connectivity index (χ0n) is 15.8. The molecular formula is C22H23FN4S. The van der Waals surface area contributed by atoms with Crippen LogP contribution in [0.3, 0.4) is 0 Å². The second-order valence-corrected chi connectivity index (χ2v) is 7.34. The van der Waals surface area contributed by atoms with Gasteiger partial charge in [0, 0.05) is 30.3 Å². The van der Waals surface area contributed by atoms with Gasteiger partial charge in [0.15, 0.2) is 5.11 Å².